The lowest BCUT2D eigenvalue weighted by Crippen LogP contribution is -2.47. The van der Waals surface area contributed by atoms with Gasteiger partial charge in [0.05, 0.1) is 0 Å². The molecular weight excluding hydrogens is 234 g/mol. The molecule has 1 aliphatic carbocycles. The minimum absolute atomic E-state index is 0.710. The van der Waals surface area contributed by atoms with Gasteiger partial charge < -0.3 is 10.2 Å². The number of hydrogen-bond acceptors (Lipinski definition) is 3. The van der Waals surface area contributed by atoms with Crippen LogP contribution in [0.4, 0.5) is 0 Å². The molecule has 4 atom stereocenters. The zero-order chi connectivity index (χ0) is 13.8. The lowest BCUT2D eigenvalue weighted by atomic mass is 9.78. The Morgan fingerprint density at radius 2 is 1.95 bits per heavy atom. The van der Waals surface area contributed by atoms with Gasteiger partial charge in [0, 0.05) is 25.2 Å². The molecule has 2 aliphatic rings. The van der Waals surface area contributed by atoms with E-state index >= 15 is 0 Å². The Labute approximate surface area is 119 Å². The molecule has 19 heavy (non-hydrogen) atoms. The Hall–Kier alpha value is -0.120. The van der Waals surface area contributed by atoms with Crippen molar-refractivity contribution in [1.29, 1.82) is 0 Å². The molecule has 1 saturated carbocycles. The zero-order valence-corrected chi connectivity index (χ0v) is 13.4. The molecule has 3 heteroatoms. The first kappa shape index (κ1) is 15.3. The van der Waals surface area contributed by atoms with E-state index in [1.54, 1.807) is 0 Å². The van der Waals surface area contributed by atoms with Crippen molar-refractivity contribution in [3.05, 3.63) is 0 Å². The van der Waals surface area contributed by atoms with Crippen LogP contribution in [0.15, 0.2) is 0 Å². The molecule has 2 rings (SSSR count). The summed E-state index contributed by atoms with van der Waals surface area (Å²) in [5.74, 6) is 1.76. The Morgan fingerprint density at radius 3 is 2.68 bits per heavy atom. The second-order valence-electron chi connectivity index (χ2n) is 7.03. The summed E-state index contributed by atoms with van der Waals surface area (Å²) in [5.41, 5.74) is 0. The second-order valence-corrected chi connectivity index (χ2v) is 7.03. The molecule has 1 aliphatic heterocycles. The monoisotopic (exact) mass is 267 g/mol. The lowest BCUT2D eigenvalue weighted by molar-refractivity contribution is 0.121. The molecule has 1 saturated heterocycles. The summed E-state index contributed by atoms with van der Waals surface area (Å²) in [6.07, 6.45) is 5.50. The molecule has 3 nitrogen and oxygen atoms in total. The van der Waals surface area contributed by atoms with Gasteiger partial charge in [0.2, 0.25) is 0 Å². The summed E-state index contributed by atoms with van der Waals surface area (Å²) in [4.78, 5) is 5.24. The van der Waals surface area contributed by atoms with Gasteiger partial charge in [0.1, 0.15) is 0 Å². The van der Waals surface area contributed by atoms with Crippen molar-refractivity contribution < 1.29 is 0 Å². The fourth-order valence-corrected chi connectivity index (χ4v) is 4.07. The maximum absolute atomic E-state index is 3.57. The van der Waals surface area contributed by atoms with Gasteiger partial charge in [-0.1, -0.05) is 6.92 Å². The predicted molar refractivity (Wildman–Crippen MR) is 82.5 cm³/mol. The lowest BCUT2D eigenvalue weighted by Gasteiger charge is -2.39. The van der Waals surface area contributed by atoms with Crippen LogP contribution in [-0.2, 0) is 0 Å². The zero-order valence-electron chi connectivity index (χ0n) is 13.4. The number of rotatable bonds is 3. The maximum Gasteiger partial charge on any atom is 0.0194 e. The van der Waals surface area contributed by atoms with Gasteiger partial charge in [-0.3, -0.25) is 4.90 Å². The van der Waals surface area contributed by atoms with Gasteiger partial charge in [-0.2, -0.15) is 0 Å². The number of hydrogen-bond donors (Lipinski definition) is 1. The molecular formula is C16H33N3. The summed E-state index contributed by atoms with van der Waals surface area (Å²) < 4.78 is 0. The topological polar surface area (TPSA) is 18.5 Å². The predicted octanol–water partition coefficient (Wildman–Crippen LogP) is 2.04. The van der Waals surface area contributed by atoms with E-state index in [1.165, 1.54) is 51.9 Å². The van der Waals surface area contributed by atoms with Crippen LogP contribution < -0.4 is 5.32 Å². The summed E-state index contributed by atoms with van der Waals surface area (Å²) >= 11 is 0. The summed E-state index contributed by atoms with van der Waals surface area (Å²) in [6, 6.07) is 1.45. The number of nitrogens with zero attached hydrogens (tertiary/aromatic N) is 2. The minimum Gasteiger partial charge on any atom is -0.317 e. The average molecular weight is 267 g/mol. The summed E-state index contributed by atoms with van der Waals surface area (Å²) in [5, 5.41) is 3.57. The standard InChI is InChI=1S/C16H33N3/c1-13-6-7-16(17-3)15(10-13)12-19-9-5-8-18(4)11-14(19)2/h13-17H,5-12H2,1-4H3. The van der Waals surface area contributed by atoms with Crippen LogP contribution in [0, 0.1) is 11.8 Å². The fourth-order valence-electron chi connectivity index (χ4n) is 4.07. The van der Waals surface area contributed by atoms with E-state index < -0.39 is 0 Å². The van der Waals surface area contributed by atoms with Gasteiger partial charge in [-0.05, 0) is 71.6 Å². The Balaban J connectivity index is 1.93. The van der Waals surface area contributed by atoms with Crippen LogP contribution in [0.3, 0.4) is 0 Å². The molecule has 4 unspecified atom stereocenters. The van der Waals surface area contributed by atoms with Crippen molar-refractivity contribution in [2.45, 2.75) is 51.6 Å². The second kappa shape index (κ2) is 7.05. The first-order valence-corrected chi connectivity index (χ1v) is 8.20. The van der Waals surface area contributed by atoms with E-state index in [-0.39, 0.29) is 0 Å². The third-order valence-corrected chi connectivity index (χ3v) is 5.27. The van der Waals surface area contributed by atoms with Crippen molar-refractivity contribution in [3.8, 4) is 0 Å². The summed E-state index contributed by atoms with van der Waals surface area (Å²) in [6.45, 7) is 9.91. The van der Waals surface area contributed by atoms with Crippen molar-refractivity contribution in [2.75, 3.05) is 40.3 Å². The Kier molecular flexibility index (Phi) is 5.67. The van der Waals surface area contributed by atoms with Crippen molar-refractivity contribution in [3.63, 3.8) is 0 Å². The van der Waals surface area contributed by atoms with Crippen LogP contribution in [0.25, 0.3) is 0 Å². The number of likely N-dealkylation sites (N-methyl/N-ethyl adjacent to an activating group) is 1. The molecule has 0 spiro atoms. The highest BCUT2D eigenvalue weighted by Gasteiger charge is 2.30. The SMILES string of the molecule is CNC1CCC(C)CC1CN1CCCN(C)CC1C. The van der Waals surface area contributed by atoms with Crippen molar-refractivity contribution in [1.82, 2.24) is 15.1 Å². The largest absolute Gasteiger partial charge is 0.317 e. The molecule has 0 bridgehead atoms. The van der Waals surface area contributed by atoms with Crippen LogP contribution in [0.2, 0.25) is 0 Å². The van der Waals surface area contributed by atoms with Gasteiger partial charge in [-0.15, -0.1) is 0 Å². The molecule has 0 amide bonds. The molecule has 1 N–H and O–H groups in total. The molecule has 0 aromatic heterocycles. The first-order valence-electron chi connectivity index (χ1n) is 8.20. The molecule has 0 aromatic carbocycles. The Morgan fingerprint density at radius 1 is 1.16 bits per heavy atom. The van der Waals surface area contributed by atoms with E-state index in [2.05, 4.69) is 43.1 Å². The third kappa shape index (κ3) is 4.17. The minimum atomic E-state index is 0.710. The van der Waals surface area contributed by atoms with E-state index in [0.29, 0.717) is 6.04 Å². The van der Waals surface area contributed by atoms with E-state index in [1.807, 2.05) is 0 Å². The summed E-state index contributed by atoms with van der Waals surface area (Å²) in [7, 11) is 4.41. The van der Waals surface area contributed by atoms with E-state index in [9.17, 15) is 0 Å². The molecule has 0 radical (unpaired) electrons. The fraction of sp³-hybridized carbons (Fsp3) is 1.00. The van der Waals surface area contributed by atoms with Gasteiger partial charge >= 0.3 is 0 Å². The molecule has 112 valence electrons. The van der Waals surface area contributed by atoms with E-state index in [4.69, 9.17) is 0 Å². The van der Waals surface area contributed by atoms with Crippen molar-refractivity contribution in [2.24, 2.45) is 11.8 Å². The molecule has 0 aromatic rings. The van der Waals surface area contributed by atoms with Crippen LogP contribution in [-0.4, -0.2) is 62.2 Å². The van der Waals surface area contributed by atoms with Gasteiger partial charge in [-0.25, -0.2) is 0 Å². The van der Waals surface area contributed by atoms with E-state index in [0.717, 1.165) is 17.9 Å². The van der Waals surface area contributed by atoms with Crippen LogP contribution in [0.5, 0.6) is 0 Å². The normalized spacial score (nSPS) is 39.2. The average Bonchev–Trinajstić information content (AvgIpc) is 2.52. The highest BCUT2D eigenvalue weighted by Crippen LogP contribution is 2.30. The van der Waals surface area contributed by atoms with Crippen LogP contribution in [0.1, 0.15) is 39.5 Å². The highest BCUT2D eigenvalue weighted by molar-refractivity contribution is 4.87. The molecule has 2 fully saturated rings. The van der Waals surface area contributed by atoms with Gasteiger partial charge in [0.15, 0.2) is 0 Å². The van der Waals surface area contributed by atoms with Gasteiger partial charge in [0.25, 0.3) is 0 Å². The third-order valence-electron chi connectivity index (χ3n) is 5.27. The molecule has 1 heterocycles. The Bertz CT molecular complexity index is 269. The highest BCUT2D eigenvalue weighted by atomic mass is 15.2. The number of nitrogens with one attached hydrogen (secondary N) is 1. The smallest absolute Gasteiger partial charge is 0.0194 e. The first-order chi connectivity index (χ1) is 9.10. The quantitative estimate of drug-likeness (QED) is 0.844. The van der Waals surface area contributed by atoms with Crippen LogP contribution >= 0.6 is 0 Å². The van der Waals surface area contributed by atoms with Crippen molar-refractivity contribution >= 4 is 0 Å². The maximum atomic E-state index is 3.57.